The lowest BCUT2D eigenvalue weighted by Crippen LogP contribution is -2.26. The molecule has 0 amide bonds. The predicted octanol–water partition coefficient (Wildman–Crippen LogP) is 2.97. The van der Waals surface area contributed by atoms with Crippen molar-refractivity contribution < 1.29 is 5.11 Å². The first-order chi connectivity index (χ1) is 14.5. The van der Waals surface area contributed by atoms with Crippen LogP contribution in [0.3, 0.4) is 0 Å². The second-order valence-corrected chi connectivity index (χ2v) is 7.25. The Morgan fingerprint density at radius 2 is 1.83 bits per heavy atom. The van der Waals surface area contributed by atoms with Crippen molar-refractivity contribution in [2.45, 2.75) is 26.4 Å². The molecule has 0 aliphatic heterocycles. The van der Waals surface area contributed by atoms with Crippen LogP contribution in [0.15, 0.2) is 53.3 Å². The van der Waals surface area contributed by atoms with Gasteiger partial charge in [0, 0.05) is 16.8 Å². The largest absolute Gasteiger partial charge is 0.394 e. The second-order valence-electron chi connectivity index (χ2n) is 7.25. The van der Waals surface area contributed by atoms with Crippen molar-refractivity contribution in [2.24, 2.45) is 0 Å². The minimum Gasteiger partial charge on any atom is -0.394 e. The fraction of sp³-hybridized carbons (Fsp3) is 0.217. The summed E-state index contributed by atoms with van der Waals surface area (Å²) in [6.07, 6.45) is 0. The molecular weight excluding hydrogens is 378 g/mol. The van der Waals surface area contributed by atoms with Gasteiger partial charge in [0.1, 0.15) is 17.5 Å². The minimum absolute atomic E-state index is 0.0404. The Morgan fingerprint density at radius 1 is 1.13 bits per heavy atom. The number of fused-ring (bicyclic) bond motifs is 2. The van der Waals surface area contributed by atoms with Crippen molar-refractivity contribution in [2.75, 3.05) is 11.9 Å². The summed E-state index contributed by atoms with van der Waals surface area (Å²) in [7, 11) is 0. The van der Waals surface area contributed by atoms with Gasteiger partial charge in [0.05, 0.1) is 24.2 Å². The molecule has 0 saturated carbocycles. The van der Waals surface area contributed by atoms with Crippen LogP contribution in [0.2, 0.25) is 0 Å². The van der Waals surface area contributed by atoms with Gasteiger partial charge in [-0.3, -0.25) is 9.36 Å². The molecule has 0 bridgehead atoms. The van der Waals surface area contributed by atoms with Crippen molar-refractivity contribution >= 4 is 27.6 Å². The monoisotopic (exact) mass is 399 g/mol. The molecule has 2 N–H and O–H groups in total. The van der Waals surface area contributed by atoms with Crippen molar-refractivity contribution in [1.29, 1.82) is 5.26 Å². The zero-order chi connectivity index (χ0) is 21.3. The number of anilines is 1. The number of aliphatic hydroxyl groups excluding tert-OH is 1. The van der Waals surface area contributed by atoms with Gasteiger partial charge in [-0.05, 0) is 37.6 Å². The lowest BCUT2D eigenvalue weighted by molar-refractivity contribution is 0.281. The summed E-state index contributed by atoms with van der Waals surface area (Å²) in [6.45, 7) is 3.73. The van der Waals surface area contributed by atoms with E-state index in [-0.39, 0.29) is 30.3 Å². The first kappa shape index (κ1) is 19.6. The van der Waals surface area contributed by atoms with E-state index >= 15 is 0 Å². The summed E-state index contributed by atoms with van der Waals surface area (Å²) in [5.41, 5.74) is 1.91. The molecule has 0 fully saturated rings. The quantitative estimate of drug-likeness (QED) is 0.535. The highest BCUT2D eigenvalue weighted by molar-refractivity contribution is 5.89. The summed E-state index contributed by atoms with van der Waals surface area (Å²) in [5, 5.41) is 23.8. The van der Waals surface area contributed by atoms with Gasteiger partial charge in [-0.15, -0.1) is 0 Å². The molecule has 2 heterocycles. The average Bonchev–Trinajstić information content (AvgIpc) is 2.77. The number of para-hydroxylation sites is 2. The molecule has 4 rings (SSSR count). The van der Waals surface area contributed by atoms with Gasteiger partial charge >= 0.3 is 0 Å². The van der Waals surface area contributed by atoms with Crippen LogP contribution in [0.1, 0.15) is 23.9 Å². The number of nitrogens with zero attached hydrogens (tertiary/aromatic N) is 4. The Bertz CT molecular complexity index is 1350. The van der Waals surface area contributed by atoms with Crippen LogP contribution in [-0.2, 0) is 6.54 Å². The number of aliphatic hydroxyl groups is 1. The normalized spacial score (nSPS) is 12.1. The maximum Gasteiger partial charge on any atom is 0.269 e. The Hall–Kier alpha value is -3.76. The fourth-order valence-corrected chi connectivity index (χ4v) is 3.58. The lowest BCUT2D eigenvalue weighted by Gasteiger charge is -2.16. The third-order valence-electron chi connectivity index (χ3n) is 5.15. The van der Waals surface area contributed by atoms with E-state index in [1.165, 1.54) is 0 Å². The van der Waals surface area contributed by atoms with E-state index in [0.29, 0.717) is 17.2 Å². The van der Waals surface area contributed by atoms with Gasteiger partial charge in [-0.2, -0.15) is 5.26 Å². The van der Waals surface area contributed by atoms with E-state index in [4.69, 9.17) is 0 Å². The first-order valence-corrected chi connectivity index (χ1v) is 9.68. The van der Waals surface area contributed by atoms with Gasteiger partial charge in [0.2, 0.25) is 0 Å². The van der Waals surface area contributed by atoms with Crippen molar-refractivity contribution in [3.05, 3.63) is 75.8 Å². The van der Waals surface area contributed by atoms with Gasteiger partial charge < -0.3 is 10.4 Å². The summed E-state index contributed by atoms with van der Waals surface area (Å²) in [6, 6.07) is 16.9. The van der Waals surface area contributed by atoms with Crippen LogP contribution in [0.25, 0.3) is 21.8 Å². The molecule has 0 saturated heterocycles. The lowest BCUT2D eigenvalue weighted by atomic mass is 10.0. The summed E-state index contributed by atoms with van der Waals surface area (Å²) in [5.74, 6) is 1.04. The van der Waals surface area contributed by atoms with Gasteiger partial charge in [0.15, 0.2) is 5.82 Å². The molecule has 2 aromatic carbocycles. The predicted molar refractivity (Wildman–Crippen MR) is 116 cm³/mol. The summed E-state index contributed by atoms with van der Waals surface area (Å²) in [4.78, 5) is 22.3. The highest BCUT2D eigenvalue weighted by atomic mass is 16.3. The SMILES string of the molecule is Cc1c(C#N)c(=O)n(Cc2nc(NC(C)CO)c3ccccc3n2)c2ccccc12. The van der Waals surface area contributed by atoms with Gasteiger partial charge in [0.25, 0.3) is 5.56 Å². The molecule has 7 heteroatoms. The van der Waals surface area contributed by atoms with Crippen LogP contribution in [0, 0.1) is 18.3 Å². The number of aromatic nitrogens is 3. The number of rotatable bonds is 5. The number of hydrogen-bond acceptors (Lipinski definition) is 6. The number of hydrogen-bond donors (Lipinski definition) is 2. The molecule has 0 aliphatic carbocycles. The Balaban J connectivity index is 1.91. The molecule has 2 aromatic heterocycles. The maximum atomic E-state index is 13.0. The number of pyridine rings is 1. The Kier molecular flexibility index (Phi) is 5.17. The van der Waals surface area contributed by atoms with E-state index in [9.17, 15) is 15.2 Å². The Labute approximate surface area is 173 Å². The van der Waals surface area contributed by atoms with E-state index in [1.54, 1.807) is 11.5 Å². The van der Waals surface area contributed by atoms with Gasteiger partial charge in [-0.25, -0.2) is 9.97 Å². The molecule has 1 atom stereocenters. The van der Waals surface area contributed by atoms with Crippen LogP contribution >= 0.6 is 0 Å². The van der Waals surface area contributed by atoms with Crippen LogP contribution < -0.4 is 10.9 Å². The highest BCUT2D eigenvalue weighted by Crippen LogP contribution is 2.23. The molecule has 0 radical (unpaired) electrons. The first-order valence-electron chi connectivity index (χ1n) is 9.68. The number of aryl methyl sites for hydroxylation is 1. The molecule has 30 heavy (non-hydrogen) atoms. The molecule has 0 spiro atoms. The van der Waals surface area contributed by atoms with Crippen molar-refractivity contribution in [3.8, 4) is 6.07 Å². The smallest absolute Gasteiger partial charge is 0.269 e. The average molecular weight is 399 g/mol. The molecule has 0 aliphatic rings. The van der Waals surface area contributed by atoms with E-state index < -0.39 is 0 Å². The summed E-state index contributed by atoms with van der Waals surface area (Å²) < 4.78 is 1.55. The van der Waals surface area contributed by atoms with E-state index in [1.807, 2.05) is 61.5 Å². The highest BCUT2D eigenvalue weighted by Gasteiger charge is 2.16. The van der Waals surface area contributed by atoms with Crippen molar-refractivity contribution in [3.63, 3.8) is 0 Å². The van der Waals surface area contributed by atoms with E-state index in [2.05, 4.69) is 15.3 Å². The number of nitriles is 1. The number of benzene rings is 2. The molecular formula is C23H21N5O2. The summed E-state index contributed by atoms with van der Waals surface area (Å²) >= 11 is 0. The topological polar surface area (TPSA) is 104 Å². The second kappa shape index (κ2) is 7.93. The molecule has 4 aromatic rings. The maximum absolute atomic E-state index is 13.0. The number of nitrogens with one attached hydrogen (secondary N) is 1. The molecule has 150 valence electrons. The van der Waals surface area contributed by atoms with E-state index in [0.717, 1.165) is 21.8 Å². The molecule has 1 unspecified atom stereocenters. The minimum atomic E-state index is -0.358. The molecule has 7 nitrogen and oxygen atoms in total. The third kappa shape index (κ3) is 3.38. The zero-order valence-corrected chi connectivity index (χ0v) is 16.8. The van der Waals surface area contributed by atoms with Crippen LogP contribution in [0.5, 0.6) is 0 Å². The standard InChI is InChI=1S/C23H21N5O2/c1-14(13-29)25-22-17-8-3-5-9-19(17)26-21(27-22)12-28-20-10-6-4-7-16(20)15(2)18(11-24)23(28)30/h3-10,14,29H,12-13H2,1-2H3,(H,25,26,27). The van der Waals surface area contributed by atoms with Crippen LogP contribution in [0.4, 0.5) is 5.82 Å². The van der Waals surface area contributed by atoms with Crippen LogP contribution in [-0.4, -0.2) is 32.3 Å². The third-order valence-corrected chi connectivity index (χ3v) is 5.15. The van der Waals surface area contributed by atoms with Gasteiger partial charge in [-0.1, -0.05) is 30.3 Å². The zero-order valence-electron chi connectivity index (χ0n) is 16.8. The Morgan fingerprint density at radius 3 is 2.57 bits per heavy atom. The van der Waals surface area contributed by atoms with Crippen molar-refractivity contribution in [1.82, 2.24) is 14.5 Å². The fourth-order valence-electron chi connectivity index (χ4n) is 3.58.